The van der Waals surface area contributed by atoms with Gasteiger partial charge in [-0.05, 0) is 71.0 Å². The van der Waals surface area contributed by atoms with Crippen LogP contribution in [0.1, 0.15) is 80.7 Å². The monoisotopic (exact) mass is 734 g/mol. The van der Waals surface area contributed by atoms with Gasteiger partial charge in [-0.15, -0.1) is 0 Å². The van der Waals surface area contributed by atoms with Gasteiger partial charge in [-0.1, -0.05) is 91.0 Å². The van der Waals surface area contributed by atoms with E-state index in [1.807, 2.05) is 89.5 Å². The highest BCUT2D eigenvalue weighted by molar-refractivity contribution is 6.21. The number of likely N-dealkylation sites (tertiary alicyclic amines) is 1. The molecular weight excluding hydrogens is 693 g/mol. The van der Waals surface area contributed by atoms with Crippen molar-refractivity contribution in [3.8, 4) is 11.1 Å². The van der Waals surface area contributed by atoms with Gasteiger partial charge in [0.15, 0.2) is 6.29 Å². The number of fused-ring (bicyclic) bond motifs is 2. The summed E-state index contributed by atoms with van der Waals surface area (Å²) in [7, 11) is 0. The van der Waals surface area contributed by atoms with Crippen LogP contribution in [0.2, 0.25) is 0 Å². The number of piperidine rings is 1. The minimum atomic E-state index is -0.585. The van der Waals surface area contributed by atoms with Crippen molar-refractivity contribution in [2.45, 2.75) is 57.0 Å². The van der Waals surface area contributed by atoms with Gasteiger partial charge >= 0.3 is 5.69 Å². The highest BCUT2D eigenvalue weighted by Crippen LogP contribution is 2.39. The third kappa shape index (κ3) is 6.94. The number of aliphatic hydroxyl groups is 1. The lowest BCUT2D eigenvalue weighted by molar-refractivity contribution is -0.253. The number of aromatic nitrogens is 2. The Hall–Kier alpha value is -5.65. The van der Waals surface area contributed by atoms with Crippen molar-refractivity contribution in [2.75, 3.05) is 19.6 Å². The number of carbonyl (C=O) groups is 2. The molecule has 2 amide bonds. The topological polar surface area (TPSA) is 117 Å². The van der Waals surface area contributed by atoms with E-state index in [-0.39, 0.29) is 48.9 Å². The Morgan fingerprint density at radius 1 is 0.691 bits per heavy atom. The second-order valence-electron chi connectivity index (χ2n) is 14.8. The molecule has 10 heteroatoms. The number of para-hydroxylation sites is 2. The predicted octanol–water partition coefficient (Wildman–Crippen LogP) is 7.17. The van der Waals surface area contributed by atoms with E-state index in [2.05, 4.69) is 22.0 Å². The molecule has 9 rings (SSSR count). The Morgan fingerprint density at radius 2 is 1.38 bits per heavy atom. The Bertz CT molecular complexity index is 2380. The fourth-order valence-electron chi connectivity index (χ4n) is 8.37. The third-order valence-electron chi connectivity index (χ3n) is 11.3. The number of amides is 2. The van der Waals surface area contributed by atoms with E-state index >= 15 is 0 Å². The molecule has 2 N–H and O–H groups in total. The quantitative estimate of drug-likeness (QED) is 0.151. The molecule has 0 radical (unpaired) electrons. The number of imide groups is 1. The normalized spacial score (nSPS) is 20.7. The maximum Gasteiger partial charge on any atom is 0.326 e. The van der Waals surface area contributed by atoms with Crippen molar-refractivity contribution in [3.63, 3.8) is 0 Å². The molecule has 1 aromatic heterocycles. The van der Waals surface area contributed by atoms with Gasteiger partial charge in [-0.3, -0.25) is 19.1 Å². The lowest BCUT2D eigenvalue weighted by Crippen LogP contribution is -2.43. The molecule has 2 saturated heterocycles. The van der Waals surface area contributed by atoms with E-state index in [0.29, 0.717) is 17.5 Å². The fourth-order valence-corrected chi connectivity index (χ4v) is 8.37. The number of hydrogen-bond donors (Lipinski definition) is 2. The molecule has 0 unspecified atom stereocenters. The lowest BCUT2D eigenvalue weighted by atomic mass is 9.98. The standard InChI is InChI=1S/C45H42N4O6/c50-28-29-12-14-32(15-13-29)41-25-36(27-47-22-20-35(21-23-47)49-40-11-4-3-10-39(40)46-45(49)53)54-44(55-41)33-18-16-31(17-19-33)34-7-5-6-30(24-34)26-48-42(51)37-8-1-2-9-38(37)43(48)52/h1-19,24,35-36,41,44,50H,20-23,25-28H2,(H,46,53)/t36-,41+,44+/m0/s1. The molecule has 6 aromatic rings. The largest absolute Gasteiger partial charge is 0.392 e. The summed E-state index contributed by atoms with van der Waals surface area (Å²) in [6.07, 6.45) is 1.57. The van der Waals surface area contributed by atoms with E-state index in [1.54, 1.807) is 24.3 Å². The number of ether oxygens (including phenoxy) is 2. The van der Waals surface area contributed by atoms with Crippen molar-refractivity contribution in [1.29, 1.82) is 0 Å². The van der Waals surface area contributed by atoms with Crippen molar-refractivity contribution in [2.24, 2.45) is 0 Å². The molecule has 3 aliphatic heterocycles. The van der Waals surface area contributed by atoms with E-state index in [1.165, 1.54) is 4.90 Å². The molecule has 10 nitrogen and oxygen atoms in total. The number of rotatable bonds is 9. The van der Waals surface area contributed by atoms with Crippen LogP contribution in [0.5, 0.6) is 0 Å². The number of aromatic amines is 1. The van der Waals surface area contributed by atoms with Gasteiger partial charge in [0, 0.05) is 37.7 Å². The summed E-state index contributed by atoms with van der Waals surface area (Å²) >= 11 is 0. The van der Waals surface area contributed by atoms with Crippen LogP contribution in [0, 0.1) is 0 Å². The first-order valence-corrected chi connectivity index (χ1v) is 19.0. The molecule has 55 heavy (non-hydrogen) atoms. The summed E-state index contributed by atoms with van der Waals surface area (Å²) in [5.74, 6) is -0.536. The third-order valence-corrected chi connectivity index (χ3v) is 11.3. The zero-order valence-corrected chi connectivity index (χ0v) is 30.3. The molecule has 0 spiro atoms. The molecule has 0 bridgehead atoms. The number of carbonyl (C=O) groups excluding carboxylic acids is 2. The van der Waals surface area contributed by atoms with Crippen LogP contribution >= 0.6 is 0 Å². The fraction of sp³-hybridized carbons (Fsp3) is 0.267. The van der Waals surface area contributed by atoms with Crippen molar-refractivity contribution >= 4 is 22.8 Å². The highest BCUT2D eigenvalue weighted by Gasteiger charge is 2.36. The average molecular weight is 735 g/mol. The van der Waals surface area contributed by atoms with Crippen LogP contribution in [-0.4, -0.2) is 62.0 Å². The minimum absolute atomic E-state index is 0.0151. The maximum atomic E-state index is 13.0. The smallest absolute Gasteiger partial charge is 0.326 e. The second-order valence-corrected chi connectivity index (χ2v) is 14.8. The lowest BCUT2D eigenvalue weighted by Gasteiger charge is -2.40. The Labute approximate surface area is 318 Å². The van der Waals surface area contributed by atoms with Crippen LogP contribution in [0.25, 0.3) is 22.2 Å². The number of nitrogens with one attached hydrogen (secondary N) is 1. The summed E-state index contributed by atoms with van der Waals surface area (Å²) in [6, 6.07) is 39.0. The molecule has 2 fully saturated rings. The van der Waals surface area contributed by atoms with E-state index in [9.17, 15) is 19.5 Å². The maximum absolute atomic E-state index is 13.0. The van der Waals surface area contributed by atoms with Gasteiger partial charge in [-0.25, -0.2) is 4.79 Å². The molecule has 278 valence electrons. The molecular formula is C45H42N4O6. The first kappa shape index (κ1) is 35.1. The van der Waals surface area contributed by atoms with Crippen molar-refractivity contribution in [3.05, 3.63) is 165 Å². The van der Waals surface area contributed by atoms with Gasteiger partial charge in [0.2, 0.25) is 0 Å². The number of imidazole rings is 1. The SMILES string of the molecule is O=C1c2ccccc2C(=O)N1Cc1cccc(-c2ccc([C@@H]3O[C@H](CN4CCC(n5c(=O)[nH]c6ccccc65)CC4)C[C@H](c4ccc(CO)cc4)O3)cc2)c1. The summed E-state index contributed by atoms with van der Waals surface area (Å²) in [5.41, 5.74) is 8.30. The van der Waals surface area contributed by atoms with E-state index in [4.69, 9.17) is 9.47 Å². The van der Waals surface area contributed by atoms with Crippen LogP contribution in [0.15, 0.2) is 126 Å². The number of benzene rings is 5. The molecule has 5 aromatic carbocycles. The zero-order valence-electron chi connectivity index (χ0n) is 30.3. The summed E-state index contributed by atoms with van der Waals surface area (Å²) in [6.45, 7) is 2.65. The predicted molar refractivity (Wildman–Crippen MR) is 208 cm³/mol. The number of hydrogen-bond acceptors (Lipinski definition) is 7. The zero-order chi connectivity index (χ0) is 37.5. The van der Waals surface area contributed by atoms with Crippen LogP contribution in [0.3, 0.4) is 0 Å². The summed E-state index contributed by atoms with van der Waals surface area (Å²) in [5, 5.41) is 9.63. The average Bonchev–Trinajstić information content (AvgIpc) is 3.69. The Morgan fingerprint density at radius 3 is 2.11 bits per heavy atom. The molecule has 0 aliphatic carbocycles. The Kier molecular flexibility index (Phi) is 9.49. The number of nitrogens with zero attached hydrogens (tertiary/aromatic N) is 3. The number of aliphatic hydroxyl groups excluding tert-OH is 1. The first-order valence-electron chi connectivity index (χ1n) is 19.0. The van der Waals surface area contributed by atoms with Gasteiger partial charge in [0.1, 0.15) is 0 Å². The molecule has 3 aliphatic rings. The molecule has 3 atom stereocenters. The van der Waals surface area contributed by atoms with Crippen molar-refractivity contribution < 1.29 is 24.2 Å². The van der Waals surface area contributed by atoms with Gasteiger partial charge in [-0.2, -0.15) is 0 Å². The van der Waals surface area contributed by atoms with Gasteiger partial charge in [0.25, 0.3) is 11.8 Å². The van der Waals surface area contributed by atoms with Crippen LogP contribution in [-0.2, 0) is 22.6 Å². The number of H-pyrrole nitrogens is 1. The first-order chi connectivity index (χ1) is 26.9. The molecule has 4 heterocycles. The highest BCUT2D eigenvalue weighted by atomic mass is 16.7. The van der Waals surface area contributed by atoms with Crippen LogP contribution < -0.4 is 5.69 Å². The summed E-state index contributed by atoms with van der Waals surface area (Å²) < 4.78 is 15.3. The van der Waals surface area contributed by atoms with Gasteiger partial charge < -0.3 is 24.5 Å². The van der Waals surface area contributed by atoms with Crippen molar-refractivity contribution in [1.82, 2.24) is 19.4 Å². The second kappa shape index (κ2) is 14.9. The Balaban J connectivity index is 0.899. The molecule has 0 saturated carbocycles. The minimum Gasteiger partial charge on any atom is -0.392 e. The summed E-state index contributed by atoms with van der Waals surface area (Å²) in [4.78, 5) is 45.6. The van der Waals surface area contributed by atoms with Gasteiger partial charge in [0.05, 0.1) is 47.5 Å². The van der Waals surface area contributed by atoms with E-state index in [0.717, 1.165) is 76.9 Å². The van der Waals surface area contributed by atoms with E-state index < -0.39 is 6.29 Å². The van der Waals surface area contributed by atoms with Crippen LogP contribution in [0.4, 0.5) is 0 Å².